The second-order valence-electron chi connectivity index (χ2n) is 3.00. The molecule has 1 aromatic heterocycles. The van der Waals surface area contributed by atoms with Gasteiger partial charge in [0.15, 0.2) is 0 Å². The van der Waals surface area contributed by atoms with Gasteiger partial charge in [0.25, 0.3) is 0 Å². The fourth-order valence-corrected chi connectivity index (χ4v) is 1.84. The van der Waals surface area contributed by atoms with Crippen molar-refractivity contribution in [2.75, 3.05) is 0 Å². The van der Waals surface area contributed by atoms with Gasteiger partial charge < -0.3 is 4.74 Å². The molecule has 0 unspecified atom stereocenters. The summed E-state index contributed by atoms with van der Waals surface area (Å²) in [5.41, 5.74) is 0. The van der Waals surface area contributed by atoms with Crippen molar-refractivity contribution >= 4 is 8.19 Å². The summed E-state index contributed by atoms with van der Waals surface area (Å²) in [6, 6.07) is 13.9. The van der Waals surface area contributed by atoms with Gasteiger partial charge in [0, 0.05) is 5.30 Å². The van der Waals surface area contributed by atoms with Crippen LogP contribution in [0.2, 0.25) is 0 Å². The lowest BCUT2D eigenvalue weighted by atomic mass is 10.3. The summed E-state index contributed by atoms with van der Waals surface area (Å²) in [5, 5.41) is 1.25. The molecule has 0 radical (unpaired) electrons. The molecule has 1 heterocycles. The van der Waals surface area contributed by atoms with E-state index < -0.39 is 0 Å². The number of aryl methyl sites for hydroxylation is 1. The van der Waals surface area contributed by atoms with Crippen LogP contribution in [0.1, 0.15) is 5.30 Å². The van der Waals surface area contributed by atoms with Gasteiger partial charge in [-0.2, -0.15) is 0 Å². The molecule has 0 amide bonds. The first-order valence-corrected chi connectivity index (χ1v) is 5.47. The van der Waals surface area contributed by atoms with E-state index in [1.807, 2.05) is 42.5 Å². The van der Waals surface area contributed by atoms with Gasteiger partial charge in [0.1, 0.15) is 11.5 Å². The van der Waals surface area contributed by atoms with Gasteiger partial charge in [-0.3, -0.25) is 0 Å². The van der Waals surface area contributed by atoms with Crippen LogP contribution in [0.4, 0.5) is 0 Å². The van der Waals surface area contributed by atoms with Crippen LogP contribution in [0.5, 0.6) is 11.5 Å². The van der Waals surface area contributed by atoms with Crippen molar-refractivity contribution in [2.24, 2.45) is 0 Å². The van der Waals surface area contributed by atoms with E-state index >= 15 is 0 Å². The number of ether oxygens (including phenoxy) is 1. The summed E-state index contributed by atoms with van der Waals surface area (Å²) >= 11 is 0. The Bertz CT molecular complexity index is 412. The fourth-order valence-electron chi connectivity index (χ4n) is 1.19. The second-order valence-corrected chi connectivity index (χ2v) is 4.23. The monoisotopic (exact) mass is 202 g/mol. The third-order valence-corrected chi connectivity index (χ3v) is 2.86. The molecular weight excluding hydrogens is 191 g/mol. The molecule has 0 bridgehead atoms. The Morgan fingerprint density at radius 1 is 1.00 bits per heavy atom. The smallest absolute Gasteiger partial charge is 0.134 e. The van der Waals surface area contributed by atoms with Crippen LogP contribution in [-0.4, -0.2) is 0 Å². The lowest BCUT2D eigenvalue weighted by Gasteiger charge is -2.06. The maximum Gasteiger partial charge on any atom is 0.134 e. The first-order valence-electron chi connectivity index (χ1n) is 4.51. The highest BCUT2D eigenvalue weighted by atomic mass is 31.0. The number of para-hydroxylation sites is 1. The van der Waals surface area contributed by atoms with Crippen LogP contribution in [-0.2, 0) is 0 Å². The molecule has 0 saturated heterocycles. The van der Waals surface area contributed by atoms with Crippen LogP contribution in [0.25, 0.3) is 0 Å². The van der Waals surface area contributed by atoms with E-state index in [0.29, 0.717) is 0 Å². The Morgan fingerprint density at radius 2 is 1.79 bits per heavy atom. The maximum atomic E-state index is 5.73. The first kappa shape index (κ1) is 9.23. The highest BCUT2D eigenvalue weighted by Gasteiger charge is 1.98. The van der Waals surface area contributed by atoms with E-state index in [2.05, 4.69) is 12.7 Å². The van der Waals surface area contributed by atoms with Crippen LogP contribution >= 0.6 is 8.19 Å². The van der Waals surface area contributed by atoms with Gasteiger partial charge in [-0.1, -0.05) is 32.5 Å². The molecule has 0 aliphatic rings. The van der Waals surface area contributed by atoms with Crippen LogP contribution < -0.4 is 4.74 Å². The minimum Gasteiger partial charge on any atom is -0.457 e. The number of hydrogen-bond acceptors (Lipinski definition) is 1. The molecule has 0 fully saturated rings. The summed E-state index contributed by atoms with van der Waals surface area (Å²) in [6.07, 6.45) is 0. The third-order valence-electron chi connectivity index (χ3n) is 1.93. The highest BCUT2D eigenvalue weighted by Crippen LogP contribution is 2.28. The Kier molecular flexibility index (Phi) is 2.81. The molecule has 70 valence electrons. The molecule has 2 heteroatoms. The van der Waals surface area contributed by atoms with Gasteiger partial charge in [0.05, 0.1) is 0 Å². The van der Waals surface area contributed by atoms with E-state index in [1.54, 1.807) is 0 Å². The Morgan fingerprint density at radius 3 is 2.50 bits per heavy atom. The molecule has 1 aromatic carbocycles. The first-order chi connectivity index (χ1) is 6.86. The molecule has 0 spiro atoms. The summed E-state index contributed by atoms with van der Waals surface area (Å²) in [7, 11) is 1.22. The van der Waals surface area contributed by atoms with Gasteiger partial charge in [0.2, 0.25) is 0 Å². The van der Waals surface area contributed by atoms with Crippen LogP contribution in [0.3, 0.4) is 0 Å². The van der Waals surface area contributed by atoms with Crippen molar-refractivity contribution in [3.05, 3.63) is 53.6 Å². The number of benzene rings is 1. The van der Waals surface area contributed by atoms with E-state index in [4.69, 9.17) is 4.74 Å². The van der Waals surface area contributed by atoms with Crippen molar-refractivity contribution in [3.8, 4) is 11.5 Å². The average Bonchev–Trinajstić information content (AvgIpc) is 2.23. The lowest BCUT2D eigenvalue weighted by Crippen LogP contribution is -1.84. The van der Waals surface area contributed by atoms with Crippen molar-refractivity contribution in [1.82, 2.24) is 0 Å². The van der Waals surface area contributed by atoms with Crippen molar-refractivity contribution in [1.29, 1.82) is 0 Å². The summed E-state index contributed by atoms with van der Waals surface area (Å²) in [6.45, 7) is 2.08. The van der Waals surface area contributed by atoms with E-state index in [-0.39, 0.29) is 0 Å². The number of rotatable bonds is 2. The molecule has 2 aromatic rings. The molecule has 14 heavy (non-hydrogen) atoms. The molecule has 0 aliphatic carbocycles. The zero-order chi connectivity index (χ0) is 9.80. The van der Waals surface area contributed by atoms with Crippen molar-refractivity contribution in [2.45, 2.75) is 6.92 Å². The van der Waals surface area contributed by atoms with E-state index in [9.17, 15) is 0 Å². The molecule has 2 rings (SSSR count). The van der Waals surface area contributed by atoms with Crippen LogP contribution in [0.15, 0.2) is 48.3 Å². The van der Waals surface area contributed by atoms with E-state index in [0.717, 1.165) is 11.5 Å². The Labute approximate surface area is 85.5 Å². The third kappa shape index (κ3) is 2.12. The predicted octanol–water partition coefficient (Wildman–Crippen LogP) is 4.37. The molecule has 1 nitrogen and oxygen atoms in total. The average molecular weight is 202 g/mol. The topological polar surface area (TPSA) is 9.23 Å². The molecule has 0 atom stereocenters. The van der Waals surface area contributed by atoms with Crippen LogP contribution in [0, 0.1) is 6.92 Å². The fraction of sp³-hybridized carbons (Fsp3) is 0.0833. The second kappa shape index (κ2) is 4.26. The maximum absolute atomic E-state index is 5.73. The molecule has 0 aliphatic heterocycles. The van der Waals surface area contributed by atoms with Gasteiger partial charge in [-0.05, 0) is 30.9 Å². The largest absolute Gasteiger partial charge is 0.457 e. The summed E-state index contributed by atoms with van der Waals surface area (Å²) in [5.74, 6) is 3.96. The summed E-state index contributed by atoms with van der Waals surface area (Å²) < 4.78 is 5.73. The normalized spacial score (nSPS) is 10.4. The SMILES string of the molecule is Cc1pcccc1Oc1ccccc1. The molecule has 0 N–H and O–H groups in total. The Balaban J connectivity index is 2.24. The van der Waals surface area contributed by atoms with Gasteiger partial charge in [-0.25, -0.2) is 0 Å². The molecular formula is C12H11OP. The van der Waals surface area contributed by atoms with Gasteiger partial charge in [-0.15, -0.1) is 0 Å². The minimum atomic E-state index is 0.892. The summed E-state index contributed by atoms with van der Waals surface area (Å²) in [4.78, 5) is 0. The molecule has 0 saturated carbocycles. The number of hydrogen-bond donors (Lipinski definition) is 0. The lowest BCUT2D eigenvalue weighted by molar-refractivity contribution is 0.481. The Hall–Kier alpha value is -1.33. The predicted molar refractivity (Wildman–Crippen MR) is 60.2 cm³/mol. The van der Waals surface area contributed by atoms with Crippen molar-refractivity contribution < 1.29 is 4.74 Å². The minimum absolute atomic E-state index is 0.892. The quantitative estimate of drug-likeness (QED) is 0.702. The van der Waals surface area contributed by atoms with Crippen molar-refractivity contribution in [3.63, 3.8) is 0 Å². The zero-order valence-corrected chi connectivity index (χ0v) is 8.87. The zero-order valence-electron chi connectivity index (χ0n) is 7.97. The van der Waals surface area contributed by atoms with Gasteiger partial charge >= 0.3 is 0 Å². The standard InChI is InChI=1S/C12H11OP/c1-10-12(8-5-9-14-10)13-11-6-3-2-4-7-11/h2-9H,1H3. The highest BCUT2D eigenvalue weighted by molar-refractivity contribution is 7.30. The van der Waals surface area contributed by atoms with E-state index in [1.165, 1.54) is 13.5 Å².